The van der Waals surface area contributed by atoms with Crippen LogP contribution in [0.25, 0.3) is 0 Å². The third kappa shape index (κ3) is 3.38. The highest BCUT2D eigenvalue weighted by atomic mass is 35.5. The molecule has 0 aromatic heterocycles. The van der Waals surface area contributed by atoms with E-state index in [9.17, 15) is 9.59 Å². The number of benzene rings is 2. The molecule has 0 aliphatic carbocycles. The monoisotopic (exact) mass is 308 g/mol. The smallest absolute Gasteiger partial charge is 0.308 e. The topological polar surface area (TPSA) is 43.4 Å². The van der Waals surface area contributed by atoms with E-state index in [2.05, 4.69) is 0 Å². The largest absolute Gasteiger partial charge is 0.427 e. The van der Waals surface area contributed by atoms with Crippen LogP contribution < -0.4 is 4.74 Å². The van der Waals surface area contributed by atoms with Gasteiger partial charge in [-0.2, -0.15) is 0 Å². The summed E-state index contributed by atoms with van der Waals surface area (Å²) in [7, 11) is 0. The molecule has 0 amide bonds. The van der Waals surface area contributed by atoms with E-state index in [1.54, 1.807) is 36.4 Å². The Kier molecular flexibility index (Phi) is 4.42. The first-order valence-corrected chi connectivity index (χ1v) is 6.51. The lowest BCUT2D eigenvalue weighted by molar-refractivity contribution is -0.131. The van der Waals surface area contributed by atoms with E-state index in [1.165, 1.54) is 13.0 Å². The summed E-state index contributed by atoms with van der Waals surface area (Å²) in [6.07, 6.45) is 0. The molecule has 102 valence electrons. The van der Waals surface area contributed by atoms with Crippen LogP contribution in [0.4, 0.5) is 0 Å². The lowest BCUT2D eigenvalue weighted by Crippen LogP contribution is -2.04. The molecule has 3 nitrogen and oxygen atoms in total. The fourth-order valence-electron chi connectivity index (χ4n) is 1.67. The molecule has 0 N–H and O–H groups in total. The van der Waals surface area contributed by atoms with Gasteiger partial charge in [0.1, 0.15) is 5.75 Å². The van der Waals surface area contributed by atoms with Crippen molar-refractivity contribution >= 4 is 35.0 Å². The van der Waals surface area contributed by atoms with Crippen LogP contribution in [-0.2, 0) is 4.79 Å². The van der Waals surface area contributed by atoms with Gasteiger partial charge >= 0.3 is 5.97 Å². The van der Waals surface area contributed by atoms with Gasteiger partial charge in [0.25, 0.3) is 0 Å². The van der Waals surface area contributed by atoms with Crippen molar-refractivity contribution in [1.82, 2.24) is 0 Å². The molecule has 0 aliphatic rings. The van der Waals surface area contributed by atoms with Gasteiger partial charge in [-0.3, -0.25) is 9.59 Å². The molecule has 0 saturated carbocycles. The van der Waals surface area contributed by atoms with E-state index >= 15 is 0 Å². The van der Waals surface area contributed by atoms with Gasteiger partial charge < -0.3 is 4.74 Å². The molecule has 0 radical (unpaired) electrons. The van der Waals surface area contributed by atoms with Crippen LogP contribution in [0.5, 0.6) is 5.75 Å². The zero-order valence-corrected chi connectivity index (χ0v) is 12.0. The Morgan fingerprint density at radius 1 is 1.00 bits per heavy atom. The molecule has 2 aromatic carbocycles. The van der Waals surface area contributed by atoms with E-state index in [-0.39, 0.29) is 5.78 Å². The normalized spacial score (nSPS) is 10.2. The lowest BCUT2D eigenvalue weighted by Gasteiger charge is -2.05. The van der Waals surface area contributed by atoms with Gasteiger partial charge in [0.2, 0.25) is 0 Å². The number of carbonyl (C=O) groups excluding carboxylic acids is 2. The fraction of sp³-hybridized carbons (Fsp3) is 0.0667. The van der Waals surface area contributed by atoms with Gasteiger partial charge in [-0.25, -0.2) is 0 Å². The molecule has 0 saturated heterocycles. The first kappa shape index (κ1) is 14.6. The number of ether oxygens (including phenoxy) is 1. The van der Waals surface area contributed by atoms with Crippen LogP contribution in [0.15, 0.2) is 42.5 Å². The minimum absolute atomic E-state index is 0.221. The van der Waals surface area contributed by atoms with Gasteiger partial charge in [0.15, 0.2) is 5.78 Å². The van der Waals surface area contributed by atoms with E-state index in [0.29, 0.717) is 26.9 Å². The van der Waals surface area contributed by atoms with Crippen LogP contribution in [0, 0.1) is 0 Å². The van der Waals surface area contributed by atoms with Crippen molar-refractivity contribution in [3.8, 4) is 5.75 Å². The van der Waals surface area contributed by atoms with Crippen LogP contribution in [0.2, 0.25) is 10.0 Å². The number of halogens is 2. The molecule has 2 aromatic rings. The summed E-state index contributed by atoms with van der Waals surface area (Å²) < 4.78 is 4.90. The van der Waals surface area contributed by atoms with Crippen LogP contribution >= 0.6 is 23.2 Å². The Bertz CT molecular complexity index is 663. The Balaban J connectivity index is 2.27. The highest BCUT2D eigenvalue weighted by Gasteiger charge is 2.13. The zero-order valence-electron chi connectivity index (χ0n) is 10.5. The molecular formula is C15H10Cl2O3. The Morgan fingerprint density at radius 3 is 2.20 bits per heavy atom. The standard InChI is InChI=1S/C15H10Cl2O3/c1-9(18)20-12-5-2-10(3-6-12)15(19)13-7-4-11(16)8-14(13)17/h2-8H,1H3. The van der Waals surface area contributed by atoms with Crippen LogP contribution in [0.1, 0.15) is 22.8 Å². The molecule has 0 bridgehead atoms. The maximum Gasteiger partial charge on any atom is 0.308 e. The van der Waals surface area contributed by atoms with Gasteiger partial charge in [0, 0.05) is 23.1 Å². The highest BCUT2D eigenvalue weighted by molar-refractivity contribution is 6.37. The van der Waals surface area contributed by atoms with E-state index in [4.69, 9.17) is 27.9 Å². The second-order valence-electron chi connectivity index (χ2n) is 4.07. The second kappa shape index (κ2) is 6.07. The van der Waals surface area contributed by atoms with Crippen molar-refractivity contribution in [2.45, 2.75) is 6.92 Å². The maximum absolute atomic E-state index is 12.3. The van der Waals surface area contributed by atoms with Crippen LogP contribution in [0.3, 0.4) is 0 Å². The van der Waals surface area contributed by atoms with Crippen molar-refractivity contribution in [3.63, 3.8) is 0 Å². The predicted molar refractivity (Wildman–Crippen MR) is 77.6 cm³/mol. The number of ketones is 1. The minimum atomic E-state index is -0.412. The number of hydrogen-bond donors (Lipinski definition) is 0. The first-order chi connectivity index (χ1) is 9.47. The second-order valence-corrected chi connectivity index (χ2v) is 4.91. The number of carbonyl (C=O) groups is 2. The molecule has 2 rings (SSSR count). The average Bonchev–Trinajstić information content (AvgIpc) is 2.38. The first-order valence-electron chi connectivity index (χ1n) is 5.75. The van der Waals surface area contributed by atoms with Crippen molar-refractivity contribution < 1.29 is 14.3 Å². The molecule has 0 fully saturated rings. The molecule has 0 unspecified atom stereocenters. The van der Waals surface area contributed by atoms with Crippen molar-refractivity contribution in [3.05, 3.63) is 63.6 Å². The number of hydrogen-bond acceptors (Lipinski definition) is 3. The Hall–Kier alpha value is -1.84. The van der Waals surface area contributed by atoms with Gasteiger partial charge in [-0.1, -0.05) is 23.2 Å². The molecule has 0 spiro atoms. The van der Waals surface area contributed by atoms with Crippen molar-refractivity contribution in [1.29, 1.82) is 0 Å². The molecule has 5 heteroatoms. The third-order valence-corrected chi connectivity index (χ3v) is 3.10. The maximum atomic E-state index is 12.3. The lowest BCUT2D eigenvalue weighted by atomic mass is 10.0. The molecular weight excluding hydrogens is 299 g/mol. The predicted octanol–water partition coefficient (Wildman–Crippen LogP) is 4.15. The van der Waals surface area contributed by atoms with Crippen molar-refractivity contribution in [2.75, 3.05) is 0 Å². The average molecular weight is 309 g/mol. The minimum Gasteiger partial charge on any atom is -0.427 e. The zero-order chi connectivity index (χ0) is 14.7. The molecule has 0 heterocycles. The van der Waals surface area contributed by atoms with Gasteiger partial charge in [-0.05, 0) is 42.5 Å². The quantitative estimate of drug-likeness (QED) is 0.486. The molecule has 0 aliphatic heterocycles. The molecule has 0 atom stereocenters. The van der Waals surface area contributed by atoms with Crippen molar-refractivity contribution in [2.24, 2.45) is 0 Å². The van der Waals surface area contributed by atoms with Crippen LogP contribution in [-0.4, -0.2) is 11.8 Å². The summed E-state index contributed by atoms with van der Waals surface area (Å²) in [5.74, 6) is -0.248. The summed E-state index contributed by atoms with van der Waals surface area (Å²) in [5, 5.41) is 0.767. The molecule has 20 heavy (non-hydrogen) atoms. The summed E-state index contributed by atoms with van der Waals surface area (Å²) in [5.41, 5.74) is 0.821. The fourth-order valence-corrected chi connectivity index (χ4v) is 2.16. The highest BCUT2D eigenvalue weighted by Crippen LogP contribution is 2.24. The number of rotatable bonds is 3. The van der Waals surface area contributed by atoms with E-state index < -0.39 is 5.97 Å². The van der Waals surface area contributed by atoms with E-state index in [0.717, 1.165) is 0 Å². The third-order valence-electron chi connectivity index (χ3n) is 2.55. The summed E-state index contributed by atoms with van der Waals surface area (Å²) >= 11 is 11.8. The Morgan fingerprint density at radius 2 is 1.65 bits per heavy atom. The van der Waals surface area contributed by atoms with Gasteiger partial charge in [-0.15, -0.1) is 0 Å². The summed E-state index contributed by atoms with van der Waals surface area (Å²) in [4.78, 5) is 23.1. The Labute approximate surface area is 126 Å². The number of esters is 1. The van der Waals surface area contributed by atoms with Gasteiger partial charge in [0.05, 0.1) is 5.02 Å². The SMILES string of the molecule is CC(=O)Oc1ccc(C(=O)c2ccc(Cl)cc2Cl)cc1. The summed E-state index contributed by atoms with van der Waals surface area (Å²) in [6.45, 7) is 1.31. The van der Waals surface area contributed by atoms with E-state index in [1.807, 2.05) is 0 Å². The summed E-state index contributed by atoms with van der Waals surface area (Å²) in [6, 6.07) is 11.0.